The first-order valence-corrected chi connectivity index (χ1v) is 13.3. The fourth-order valence-electron chi connectivity index (χ4n) is 6.99. The van der Waals surface area contributed by atoms with Crippen LogP contribution in [0, 0.1) is 11.7 Å². The molecule has 1 spiro atoms. The van der Waals surface area contributed by atoms with Crippen molar-refractivity contribution >= 4 is 34.4 Å². The SMILES string of the molecule is CC1=C[C@@H]2N(c3ccccc31)[C@H](C(=O)c1ccccc1)[C@@H](C(=O)c1ccccc1F)[C@]21C(=O)Nc2ccccc21. The van der Waals surface area contributed by atoms with Crippen molar-refractivity contribution in [2.75, 3.05) is 10.2 Å². The van der Waals surface area contributed by atoms with Gasteiger partial charge in [-0.2, -0.15) is 0 Å². The first-order valence-electron chi connectivity index (χ1n) is 13.3. The van der Waals surface area contributed by atoms with Gasteiger partial charge in [-0.3, -0.25) is 14.4 Å². The van der Waals surface area contributed by atoms with Crippen molar-refractivity contribution in [2.24, 2.45) is 5.92 Å². The molecule has 0 radical (unpaired) electrons. The summed E-state index contributed by atoms with van der Waals surface area (Å²) in [5.41, 5.74) is 2.67. The minimum atomic E-state index is -1.47. The molecule has 4 aromatic carbocycles. The maximum atomic E-state index is 15.3. The number of hydrogen-bond donors (Lipinski definition) is 1. The fraction of sp³-hybridized carbons (Fsp3) is 0.147. The van der Waals surface area contributed by atoms with E-state index in [0.717, 1.165) is 16.8 Å². The van der Waals surface area contributed by atoms with Crippen molar-refractivity contribution < 1.29 is 18.8 Å². The molecule has 3 aliphatic heterocycles. The van der Waals surface area contributed by atoms with Crippen molar-refractivity contribution in [1.29, 1.82) is 0 Å². The van der Waals surface area contributed by atoms with Crippen molar-refractivity contribution in [3.8, 4) is 0 Å². The van der Waals surface area contributed by atoms with Crippen LogP contribution in [0.4, 0.5) is 15.8 Å². The summed E-state index contributed by atoms with van der Waals surface area (Å²) in [5.74, 6) is -3.13. The molecule has 7 rings (SSSR count). The number of rotatable bonds is 4. The summed E-state index contributed by atoms with van der Waals surface area (Å²) in [6, 6.07) is 27.9. The van der Waals surface area contributed by atoms with Crippen molar-refractivity contribution in [3.63, 3.8) is 0 Å². The number of halogens is 1. The third-order valence-electron chi connectivity index (χ3n) is 8.63. The number of carbonyl (C=O) groups excluding carboxylic acids is 3. The predicted octanol–water partition coefficient (Wildman–Crippen LogP) is 6.07. The summed E-state index contributed by atoms with van der Waals surface area (Å²) in [5, 5.41) is 3.00. The van der Waals surface area contributed by atoms with Crippen LogP contribution in [0.1, 0.15) is 38.8 Å². The Balaban J connectivity index is 1.57. The molecule has 4 atom stereocenters. The lowest BCUT2D eigenvalue weighted by molar-refractivity contribution is -0.121. The first kappa shape index (κ1) is 24.2. The van der Waals surface area contributed by atoms with E-state index in [0.29, 0.717) is 16.8 Å². The van der Waals surface area contributed by atoms with E-state index >= 15 is 4.39 Å². The van der Waals surface area contributed by atoms with E-state index in [1.807, 2.05) is 66.4 Å². The standard InChI is InChI=1S/C34H25FN2O3/c1-20-19-28-34(24-15-7-9-17-26(24)36-33(34)40)29(32(39)23-14-5-8-16-25(23)35)30(31(38)21-11-3-2-4-12-21)37(28)27-18-10-6-13-22(20)27/h2-19,28-30H,1H3,(H,36,40)/t28-,29-,30-,34+/m0/s1. The van der Waals surface area contributed by atoms with Gasteiger partial charge in [0.1, 0.15) is 17.3 Å². The Labute approximate surface area is 231 Å². The van der Waals surface area contributed by atoms with Crippen molar-refractivity contribution in [1.82, 2.24) is 0 Å². The maximum Gasteiger partial charge on any atom is 0.238 e. The minimum absolute atomic E-state index is 0.135. The number of allylic oxidation sites excluding steroid dienone is 1. The van der Waals surface area contributed by atoms with Crippen LogP contribution in [0.3, 0.4) is 0 Å². The molecule has 4 aromatic rings. The van der Waals surface area contributed by atoms with E-state index in [2.05, 4.69) is 5.32 Å². The number of benzene rings is 4. The molecule has 1 fully saturated rings. The van der Waals surface area contributed by atoms with Crippen LogP contribution < -0.4 is 10.2 Å². The number of amides is 1. The number of carbonyl (C=O) groups is 3. The van der Waals surface area contributed by atoms with Crippen LogP contribution >= 0.6 is 0 Å². The molecule has 0 unspecified atom stereocenters. The number of anilines is 2. The molecule has 196 valence electrons. The highest BCUT2D eigenvalue weighted by Gasteiger charge is 2.70. The van der Waals surface area contributed by atoms with Gasteiger partial charge in [0.05, 0.1) is 17.5 Å². The third-order valence-corrected chi connectivity index (χ3v) is 8.63. The lowest BCUT2D eigenvalue weighted by atomic mass is 9.64. The zero-order valence-corrected chi connectivity index (χ0v) is 21.7. The number of Topliss-reactive ketones (excluding diaryl/α,β-unsaturated/α-hetero) is 2. The lowest BCUT2D eigenvalue weighted by Gasteiger charge is -2.39. The second kappa shape index (κ2) is 8.85. The molecule has 5 nitrogen and oxygen atoms in total. The van der Waals surface area contributed by atoms with Gasteiger partial charge in [-0.25, -0.2) is 4.39 Å². The zero-order valence-electron chi connectivity index (χ0n) is 21.7. The number of nitrogens with zero attached hydrogens (tertiary/aromatic N) is 1. The predicted molar refractivity (Wildman–Crippen MR) is 152 cm³/mol. The fourth-order valence-corrected chi connectivity index (χ4v) is 6.99. The molecule has 1 saturated heterocycles. The summed E-state index contributed by atoms with van der Waals surface area (Å²) >= 11 is 0. The highest BCUT2D eigenvalue weighted by atomic mass is 19.1. The van der Waals surface area contributed by atoms with Gasteiger partial charge in [-0.15, -0.1) is 0 Å². The molecule has 0 aliphatic carbocycles. The number of ketones is 2. The average Bonchev–Trinajstić information content (AvgIpc) is 3.45. The quantitative estimate of drug-likeness (QED) is 0.327. The van der Waals surface area contributed by atoms with E-state index < -0.39 is 35.0 Å². The zero-order chi connectivity index (χ0) is 27.6. The summed E-state index contributed by atoms with van der Waals surface area (Å²) in [6.45, 7) is 1.97. The molecular weight excluding hydrogens is 503 g/mol. The highest BCUT2D eigenvalue weighted by Crippen LogP contribution is 2.58. The maximum absolute atomic E-state index is 15.3. The van der Waals surface area contributed by atoms with Gasteiger partial charge in [0, 0.05) is 22.5 Å². The Morgan fingerprint density at radius 2 is 1.50 bits per heavy atom. The molecule has 0 aromatic heterocycles. The van der Waals surface area contributed by atoms with E-state index in [9.17, 15) is 14.4 Å². The van der Waals surface area contributed by atoms with E-state index in [4.69, 9.17) is 0 Å². The Hall–Kier alpha value is -4.84. The van der Waals surface area contributed by atoms with Crippen LogP contribution in [-0.4, -0.2) is 29.6 Å². The topological polar surface area (TPSA) is 66.5 Å². The van der Waals surface area contributed by atoms with Gasteiger partial charge >= 0.3 is 0 Å². The molecule has 1 N–H and O–H groups in total. The van der Waals surface area contributed by atoms with Gasteiger partial charge in [-0.05, 0) is 42.3 Å². The summed E-state index contributed by atoms with van der Waals surface area (Å²) in [4.78, 5) is 45.5. The van der Waals surface area contributed by atoms with Gasteiger partial charge < -0.3 is 10.2 Å². The smallest absolute Gasteiger partial charge is 0.238 e. The van der Waals surface area contributed by atoms with E-state index in [1.54, 1.807) is 36.4 Å². The number of nitrogens with one attached hydrogen (secondary N) is 1. The van der Waals surface area contributed by atoms with Crippen LogP contribution in [0.25, 0.3) is 5.57 Å². The molecule has 3 aliphatic rings. The molecule has 6 heteroatoms. The summed E-state index contributed by atoms with van der Waals surface area (Å²) < 4.78 is 15.3. The minimum Gasteiger partial charge on any atom is -0.352 e. The van der Waals surface area contributed by atoms with Gasteiger partial charge in [0.2, 0.25) is 5.91 Å². The lowest BCUT2D eigenvalue weighted by Crippen LogP contribution is -2.51. The third kappa shape index (κ3) is 3.16. The first-order chi connectivity index (χ1) is 19.4. The number of para-hydroxylation sites is 2. The Bertz CT molecular complexity index is 1750. The molecule has 3 heterocycles. The molecule has 0 saturated carbocycles. The Kier molecular flexibility index (Phi) is 5.36. The Morgan fingerprint density at radius 1 is 0.825 bits per heavy atom. The molecule has 1 amide bonds. The summed E-state index contributed by atoms with van der Waals surface area (Å²) in [7, 11) is 0. The largest absolute Gasteiger partial charge is 0.352 e. The van der Waals surface area contributed by atoms with Crippen LogP contribution in [0.2, 0.25) is 0 Å². The normalized spacial score (nSPS) is 24.1. The Morgan fingerprint density at radius 3 is 2.30 bits per heavy atom. The second-order valence-corrected chi connectivity index (χ2v) is 10.6. The second-order valence-electron chi connectivity index (χ2n) is 10.6. The highest BCUT2D eigenvalue weighted by molar-refractivity contribution is 6.18. The van der Waals surface area contributed by atoms with Crippen LogP contribution in [-0.2, 0) is 10.2 Å². The van der Waals surface area contributed by atoms with Gasteiger partial charge in [0.25, 0.3) is 0 Å². The molecular formula is C34H25FN2O3. The van der Waals surface area contributed by atoms with E-state index in [-0.39, 0.29) is 17.3 Å². The van der Waals surface area contributed by atoms with E-state index in [1.165, 1.54) is 18.2 Å². The monoisotopic (exact) mass is 528 g/mol. The van der Waals surface area contributed by atoms with Crippen molar-refractivity contribution in [2.45, 2.75) is 24.4 Å². The average molecular weight is 529 g/mol. The van der Waals surface area contributed by atoms with Crippen LogP contribution in [0.15, 0.2) is 109 Å². The van der Waals surface area contributed by atoms with Gasteiger partial charge in [-0.1, -0.05) is 84.9 Å². The van der Waals surface area contributed by atoms with Crippen LogP contribution in [0.5, 0.6) is 0 Å². The van der Waals surface area contributed by atoms with Gasteiger partial charge in [0.15, 0.2) is 11.6 Å². The summed E-state index contributed by atoms with van der Waals surface area (Å²) in [6.07, 6.45) is 1.99. The number of hydrogen-bond acceptors (Lipinski definition) is 4. The molecule has 0 bridgehead atoms. The number of fused-ring (bicyclic) bond motifs is 6. The van der Waals surface area contributed by atoms with Crippen molar-refractivity contribution in [3.05, 3.63) is 137 Å². The molecule has 40 heavy (non-hydrogen) atoms.